The third kappa shape index (κ3) is 3.40. The summed E-state index contributed by atoms with van der Waals surface area (Å²) in [5.74, 6) is -0.491. The average Bonchev–Trinajstić information content (AvgIpc) is 3.03. The number of aromatic nitrogens is 2. The van der Waals surface area contributed by atoms with Crippen molar-refractivity contribution in [3.8, 4) is 5.69 Å². The van der Waals surface area contributed by atoms with Gasteiger partial charge in [-0.2, -0.15) is 23.4 Å². The molecule has 0 radical (unpaired) electrons. The number of urea groups is 1. The summed E-state index contributed by atoms with van der Waals surface area (Å²) in [5.41, 5.74) is 0.00155. The number of carbonyl (C=O) groups excluding carboxylic acids is 2. The fraction of sp³-hybridized carbons (Fsp3) is 0.200. The molecule has 0 spiro atoms. The minimum Gasteiger partial charge on any atom is -0.275 e. The number of halogens is 4. The van der Waals surface area contributed by atoms with Crippen molar-refractivity contribution in [3.63, 3.8) is 0 Å². The molecular weight excluding hydrogens is 375 g/mol. The van der Waals surface area contributed by atoms with Gasteiger partial charge in [0, 0.05) is 0 Å². The number of aryl methyl sites for hydroxylation is 1. The highest BCUT2D eigenvalue weighted by Gasteiger charge is 2.31. The van der Waals surface area contributed by atoms with Gasteiger partial charge in [-0.15, -0.1) is 0 Å². The Labute approximate surface area is 150 Å². The van der Waals surface area contributed by atoms with Crippen LogP contribution in [0, 0.1) is 6.92 Å². The maximum absolute atomic E-state index is 12.9. The van der Waals surface area contributed by atoms with Crippen molar-refractivity contribution < 1.29 is 22.8 Å². The standard InChI is InChI=1S/C15H11ClF3N5O2/c1-8-11(6-20-23-7-12(25)21-14(23)26)13(16)24(22-8)10-4-2-3-9(5-10)15(17,18)19/h2-6H,7H2,1H3,(H,21,25,26)/b20-6+. The number of nitrogens with zero attached hydrogens (tertiary/aromatic N) is 4. The van der Waals surface area contributed by atoms with Gasteiger partial charge >= 0.3 is 12.2 Å². The van der Waals surface area contributed by atoms with Gasteiger partial charge in [-0.05, 0) is 25.1 Å². The van der Waals surface area contributed by atoms with E-state index in [0.29, 0.717) is 11.3 Å². The van der Waals surface area contributed by atoms with Crippen LogP contribution in [0.2, 0.25) is 5.15 Å². The van der Waals surface area contributed by atoms with Crippen molar-refractivity contribution in [2.75, 3.05) is 6.54 Å². The summed E-state index contributed by atoms with van der Waals surface area (Å²) in [6, 6.07) is 3.87. The van der Waals surface area contributed by atoms with E-state index in [2.05, 4.69) is 15.5 Å². The van der Waals surface area contributed by atoms with Crippen LogP contribution >= 0.6 is 11.6 Å². The van der Waals surface area contributed by atoms with Crippen molar-refractivity contribution in [2.24, 2.45) is 5.10 Å². The smallest absolute Gasteiger partial charge is 0.275 e. The number of nitrogens with one attached hydrogen (secondary N) is 1. The fourth-order valence-electron chi connectivity index (χ4n) is 2.29. The van der Waals surface area contributed by atoms with E-state index in [1.807, 2.05) is 0 Å². The van der Waals surface area contributed by atoms with Gasteiger partial charge in [-0.1, -0.05) is 17.7 Å². The van der Waals surface area contributed by atoms with Crippen molar-refractivity contribution in [2.45, 2.75) is 13.1 Å². The molecule has 1 N–H and O–H groups in total. The molecule has 26 heavy (non-hydrogen) atoms. The second kappa shape index (κ2) is 6.45. The normalized spacial score (nSPS) is 15.2. The predicted octanol–water partition coefficient (Wildman–Crippen LogP) is 2.74. The molecule has 0 atom stereocenters. The molecule has 3 rings (SSSR count). The molecule has 0 bridgehead atoms. The van der Waals surface area contributed by atoms with Crippen molar-refractivity contribution in [1.29, 1.82) is 0 Å². The summed E-state index contributed by atoms with van der Waals surface area (Å²) >= 11 is 6.22. The highest BCUT2D eigenvalue weighted by Crippen LogP contribution is 2.31. The first-order chi connectivity index (χ1) is 12.2. The number of carbonyl (C=O) groups is 2. The van der Waals surface area contributed by atoms with Crippen molar-refractivity contribution >= 4 is 29.8 Å². The average molecular weight is 386 g/mol. The molecule has 1 aromatic heterocycles. The van der Waals surface area contributed by atoms with Gasteiger partial charge in [0.15, 0.2) is 0 Å². The van der Waals surface area contributed by atoms with Gasteiger partial charge in [-0.3, -0.25) is 10.1 Å². The minimum absolute atomic E-state index is 0.0245. The summed E-state index contributed by atoms with van der Waals surface area (Å²) in [4.78, 5) is 22.6. The number of hydrogen-bond acceptors (Lipinski definition) is 4. The number of hydrazone groups is 1. The number of alkyl halides is 3. The number of benzene rings is 1. The SMILES string of the molecule is Cc1nn(-c2cccc(C(F)(F)F)c2)c(Cl)c1/C=N/N1CC(=O)NC1=O. The maximum atomic E-state index is 12.9. The van der Waals surface area contributed by atoms with E-state index in [-0.39, 0.29) is 17.4 Å². The Morgan fingerprint density at radius 1 is 1.35 bits per heavy atom. The number of hydrogen-bond donors (Lipinski definition) is 1. The second-order valence-corrected chi connectivity index (χ2v) is 5.76. The monoisotopic (exact) mass is 385 g/mol. The third-order valence-corrected chi connectivity index (χ3v) is 3.93. The fourth-order valence-corrected chi connectivity index (χ4v) is 2.62. The van der Waals surface area contributed by atoms with Gasteiger partial charge in [0.05, 0.1) is 28.7 Å². The molecule has 136 valence electrons. The molecular formula is C15H11ClF3N5O2. The van der Waals surface area contributed by atoms with E-state index in [1.54, 1.807) is 6.92 Å². The maximum Gasteiger partial charge on any atom is 0.416 e. The minimum atomic E-state index is -4.50. The van der Waals surface area contributed by atoms with Gasteiger partial charge in [0.2, 0.25) is 5.91 Å². The summed E-state index contributed by atoms with van der Waals surface area (Å²) in [6.07, 6.45) is -3.27. The Bertz CT molecular complexity index is 922. The topological polar surface area (TPSA) is 79.6 Å². The number of amides is 3. The molecule has 0 aliphatic carbocycles. The van der Waals surface area contributed by atoms with Crippen LogP contribution in [0.15, 0.2) is 29.4 Å². The zero-order chi connectivity index (χ0) is 19.1. The Balaban J connectivity index is 1.94. The van der Waals surface area contributed by atoms with Crippen LogP contribution in [0.25, 0.3) is 5.69 Å². The van der Waals surface area contributed by atoms with Crippen LogP contribution in [-0.2, 0) is 11.0 Å². The Hall–Kier alpha value is -2.88. The summed E-state index contributed by atoms with van der Waals surface area (Å²) in [5, 5.41) is 11.0. The van der Waals surface area contributed by atoms with Gasteiger partial charge < -0.3 is 0 Å². The van der Waals surface area contributed by atoms with E-state index < -0.39 is 23.7 Å². The van der Waals surface area contributed by atoms with Crippen LogP contribution in [0.4, 0.5) is 18.0 Å². The second-order valence-electron chi connectivity index (χ2n) is 5.41. The lowest BCUT2D eigenvalue weighted by molar-refractivity contribution is -0.137. The lowest BCUT2D eigenvalue weighted by atomic mass is 10.2. The third-order valence-electron chi connectivity index (χ3n) is 3.57. The molecule has 0 saturated carbocycles. The van der Waals surface area contributed by atoms with Crippen LogP contribution in [0.1, 0.15) is 16.8 Å². The predicted molar refractivity (Wildman–Crippen MR) is 86.2 cm³/mol. The van der Waals surface area contributed by atoms with E-state index in [1.165, 1.54) is 18.3 Å². The van der Waals surface area contributed by atoms with E-state index in [0.717, 1.165) is 21.8 Å². The Morgan fingerprint density at radius 3 is 2.69 bits per heavy atom. The lowest BCUT2D eigenvalue weighted by Gasteiger charge is -2.09. The molecule has 3 amide bonds. The summed E-state index contributed by atoms with van der Waals surface area (Å²) in [6.45, 7) is 1.36. The quantitative estimate of drug-likeness (QED) is 0.651. The Morgan fingerprint density at radius 2 is 2.08 bits per heavy atom. The highest BCUT2D eigenvalue weighted by molar-refractivity contribution is 6.32. The first-order valence-corrected chi connectivity index (χ1v) is 7.62. The van der Waals surface area contributed by atoms with Crippen molar-refractivity contribution in [3.05, 3.63) is 46.2 Å². The molecule has 0 unspecified atom stereocenters. The zero-order valence-corrected chi connectivity index (χ0v) is 14.0. The molecule has 1 aromatic carbocycles. The molecule has 2 heterocycles. The first-order valence-electron chi connectivity index (χ1n) is 7.25. The van der Waals surface area contributed by atoms with Gasteiger partial charge in [0.1, 0.15) is 11.7 Å². The van der Waals surface area contributed by atoms with Crippen LogP contribution < -0.4 is 5.32 Å². The van der Waals surface area contributed by atoms with E-state index >= 15 is 0 Å². The zero-order valence-electron chi connectivity index (χ0n) is 13.2. The van der Waals surface area contributed by atoms with E-state index in [4.69, 9.17) is 11.6 Å². The van der Waals surface area contributed by atoms with E-state index in [9.17, 15) is 22.8 Å². The number of imide groups is 1. The molecule has 1 saturated heterocycles. The van der Waals surface area contributed by atoms with Crippen LogP contribution in [-0.4, -0.2) is 39.5 Å². The van der Waals surface area contributed by atoms with Crippen molar-refractivity contribution in [1.82, 2.24) is 20.1 Å². The first kappa shape index (κ1) is 17.9. The van der Waals surface area contributed by atoms with Gasteiger partial charge in [0.25, 0.3) is 0 Å². The van der Waals surface area contributed by atoms with Gasteiger partial charge in [-0.25, -0.2) is 14.5 Å². The molecule has 1 aliphatic rings. The summed E-state index contributed by atoms with van der Waals surface area (Å²) in [7, 11) is 0. The molecule has 2 aromatic rings. The molecule has 11 heteroatoms. The Kier molecular flexibility index (Phi) is 4.45. The summed E-state index contributed by atoms with van der Waals surface area (Å²) < 4.78 is 39.8. The van der Waals surface area contributed by atoms with Crippen LogP contribution in [0.5, 0.6) is 0 Å². The highest BCUT2D eigenvalue weighted by atomic mass is 35.5. The number of rotatable bonds is 3. The van der Waals surface area contributed by atoms with Crippen LogP contribution in [0.3, 0.4) is 0 Å². The molecule has 1 aliphatic heterocycles. The molecule has 7 nitrogen and oxygen atoms in total. The molecule has 1 fully saturated rings. The largest absolute Gasteiger partial charge is 0.416 e. The lowest BCUT2D eigenvalue weighted by Crippen LogP contribution is -2.24.